The van der Waals surface area contributed by atoms with Crippen molar-refractivity contribution in [3.63, 3.8) is 0 Å². The van der Waals surface area contributed by atoms with Crippen LogP contribution < -0.4 is 5.73 Å². The summed E-state index contributed by atoms with van der Waals surface area (Å²) in [5.41, 5.74) is 5.73. The molecule has 0 aliphatic carbocycles. The van der Waals surface area contributed by atoms with Gasteiger partial charge in [-0.3, -0.25) is 10.1 Å². The molecule has 0 spiro atoms. The third-order valence-electron chi connectivity index (χ3n) is 1.08. The van der Waals surface area contributed by atoms with Gasteiger partial charge in [0.15, 0.2) is 0 Å². The topological polar surface area (TPSA) is 117 Å². The first-order chi connectivity index (χ1) is 5.70. The lowest BCUT2D eigenvalue weighted by Gasteiger charge is -1.90. The Hall–Kier alpha value is -2.16. The second-order valence-corrected chi connectivity index (χ2v) is 1.85. The number of rotatable bonds is 1. The van der Waals surface area contributed by atoms with Crippen molar-refractivity contribution in [1.29, 1.82) is 10.8 Å². The summed E-state index contributed by atoms with van der Waals surface area (Å²) in [7, 11) is 0. The monoisotopic (exact) mass is 166 g/mol. The maximum atomic E-state index is 10.1. The van der Waals surface area contributed by atoms with Crippen molar-refractivity contribution in [2.75, 3.05) is 5.73 Å². The fourth-order valence-corrected chi connectivity index (χ4v) is 0.638. The zero-order valence-corrected chi connectivity index (χ0v) is 6.04. The standard InChI is InChI=1S/C6H6N2O2.N2/c7-5-2-1-3-6(4-5)8(9)10;1-2/h1-4H,7H2;. The molecule has 0 fully saturated rings. The number of benzene rings is 1. The third kappa shape index (κ3) is 2.62. The highest BCUT2D eigenvalue weighted by Gasteiger charge is 2.02. The molecule has 12 heavy (non-hydrogen) atoms. The summed E-state index contributed by atoms with van der Waals surface area (Å²) >= 11 is 0. The highest BCUT2D eigenvalue weighted by molar-refractivity contribution is 5.46. The van der Waals surface area contributed by atoms with Crippen LogP contribution in [0.1, 0.15) is 0 Å². The molecule has 0 aliphatic heterocycles. The molecule has 0 aromatic heterocycles. The van der Waals surface area contributed by atoms with E-state index in [2.05, 4.69) is 0 Å². The average Bonchev–Trinajstić information content (AvgIpc) is 2.08. The van der Waals surface area contributed by atoms with Crippen LogP contribution in [-0.2, 0) is 0 Å². The number of nitrogens with zero attached hydrogens (tertiary/aromatic N) is 3. The first-order valence-electron chi connectivity index (χ1n) is 2.90. The van der Waals surface area contributed by atoms with Gasteiger partial charge in [0, 0.05) is 28.6 Å². The van der Waals surface area contributed by atoms with Crippen LogP contribution in [0.5, 0.6) is 0 Å². The number of nitrogens with two attached hydrogens (primary N) is 1. The molecule has 0 radical (unpaired) electrons. The van der Waals surface area contributed by atoms with Crippen molar-refractivity contribution in [2.24, 2.45) is 0 Å². The van der Waals surface area contributed by atoms with Crippen molar-refractivity contribution in [3.05, 3.63) is 34.4 Å². The van der Waals surface area contributed by atoms with Gasteiger partial charge in [0.25, 0.3) is 5.69 Å². The Bertz CT molecular complexity index is 297. The second-order valence-electron chi connectivity index (χ2n) is 1.85. The minimum atomic E-state index is -0.476. The Balaban J connectivity index is 0.000000561. The van der Waals surface area contributed by atoms with Crippen LogP contribution in [0.25, 0.3) is 0 Å². The van der Waals surface area contributed by atoms with Crippen LogP contribution in [0.3, 0.4) is 0 Å². The molecule has 62 valence electrons. The first kappa shape index (κ1) is 9.84. The molecule has 1 rings (SSSR count). The summed E-state index contributed by atoms with van der Waals surface area (Å²) in [5, 5.41) is 22.1. The van der Waals surface area contributed by atoms with Gasteiger partial charge in [0.2, 0.25) is 0 Å². The number of nitro groups is 1. The molecule has 0 bridgehead atoms. The van der Waals surface area contributed by atoms with E-state index in [1.54, 1.807) is 12.1 Å². The van der Waals surface area contributed by atoms with E-state index in [0.29, 0.717) is 5.69 Å². The van der Waals surface area contributed by atoms with E-state index in [4.69, 9.17) is 16.5 Å². The number of hydrogen-bond acceptors (Lipinski definition) is 5. The number of anilines is 1. The summed E-state index contributed by atoms with van der Waals surface area (Å²) in [6.45, 7) is 0. The van der Waals surface area contributed by atoms with Crippen LogP contribution in [0.15, 0.2) is 24.3 Å². The molecule has 6 heteroatoms. The van der Waals surface area contributed by atoms with Crippen LogP contribution in [0, 0.1) is 20.9 Å². The van der Waals surface area contributed by atoms with Crippen LogP contribution in [-0.4, -0.2) is 4.92 Å². The van der Waals surface area contributed by atoms with Crippen molar-refractivity contribution in [3.8, 4) is 0 Å². The lowest BCUT2D eigenvalue weighted by Crippen LogP contribution is -1.89. The van der Waals surface area contributed by atoms with Gasteiger partial charge >= 0.3 is 0 Å². The van der Waals surface area contributed by atoms with E-state index in [0.717, 1.165) is 0 Å². The van der Waals surface area contributed by atoms with Crippen molar-refractivity contribution < 1.29 is 4.92 Å². The Morgan fingerprint density at radius 2 is 2.00 bits per heavy atom. The highest BCUT2D eigenvalue weighted by Crippen LogP contribution is 2.13. The smallest absolute Gasteiger partial charge is 0.271 e. The van der Waals surface area contributed by atoms with E-state index in [-0.39, 0.29) is 5.69 Å². The predicted octanol–water partition coefficient (Wildman–Crippen LogP) is 1.21. The molecule has 0 unspecified atom stereocenters. The molecular formula is C6H6N4O2. The third-order valence-corrected chi connectivity index (χ3v) is 1.08. The Labute approximate surface area is 68.2 Å². The van der Waals surface area contributed by atoms with Gasteiger partial charge in [-0.25, -0.2) is 0 Å². The lowest BCUT2D eigenvalue weighted by molar-refractivity contribution is -0.384. The molecule has 6 nitrogen and oxygen atoms in total. The van der Waals surface area contributed by atoms with Crippen LogP contribution >= 0.6 is 0 Å². The minimum Gasteiger partial charge on any atom is -0.399 e. The SMILES string of the molecule is N#N.Nc1cccc([N+](=O)[O-])c1. The van der Waals surface area contributed by atoms with E-state index in [9.17, 15) is 10.1 Å². The number of nitro benzene ring substituents is 1. The number of nitrogen functional groups attached to an aromatic ring is 1. The molecule has 2 N–H and O–H groups in total. The van der Waals surface area contributed by atoms with Gasteiger partial charge in [-0.15, -0.1) is 0 Å². The molecule has 1 aromatic carbocycles. The summed E-state index contributed by atoms with van der Waals surface area (Å²) in [4.78, 5) is 9.63. The molecular weight excluding hydrogens is 160 g/mol. The summed E-state index contributed by atoms with van der Waals surface area (Å²) < 4.78 is 0. The van der Waals surface area contributed by atoms with Crippen molar-refractivity contribution >= 4 is 11.4 Å². The number of non-ortho nitro benzene ring substituents is 1. The van der Waals surface area contributed by atoms with E-state index >= 15 is 0 Å². The molecule has 0 aliphatic rings. The lowest BCUT2D eigenvalue weighted by atomic mass is 10.3. The Morgan fingerprint density at radius 3 is 2.33 bits per heavy atom. The molecule has 1 aromatic rings. The van der Waals surface area contributed by atoms with Gasteiger partial charge in [-0.2, -0.15) is 0 Å². The Morgan fingerprint density at radius 1 is 1.42 bits per heavy atom. The minimum absolute atomic E-state index is 0.0278. The summed E-state index contributed by atoms with van der Waals surface area (Å²) in [5.74, 6) is 0. The quantitative estimate of drug-likeness (QED) is 0.291. The molecule has 0 heterocycles. The molecule has 0 atom stereocenters. The number of hydrogen-bond donors (Lipinski definition) is 1. The normalized spacial score (nSPS) is 7.83. The van der Waals surface area contributed by atoms with Crippen molar-refractivity contribution in [1.82, 2.24) is 0 Å². The van der Waals surface area contributed by atoms with E-state index in [1.807, 2.05) is 0 Å². The maximum Gasteiger partial charge on any atom is 0.271 e. The second kappa shape index (κ2) is 4.62. The molecule has 0 saturated heterocycles. The van der Waals surface area contributed by atoms with Gasteiger partial charge in [-0.05, 0) is 6.07 Å². The predicted molar refractivity (Wildman–Crippen MR) is 41.0 cm³/mol. The maximum absolute atomic E-state index is 10.1. The zero-order valence-electron chi connectivity index (χ0n) is 6.04. The zero-order chi connectivity index (χ0) is 9.56. The van der Waals surface area contributed by atoms with E-state index in [1.165, 1.54) is 12.1 Å². The Kier molecular flexibility index (Phi) is 3.79. The fraction of sp³-hybridized carbons (Fsp3) is 0. The van der Waals surface area contributed by atoms with E-state index < -0.39 is 4.92 Å². The van der Waals surface area contributed by atoms with Gasteiger partial charge < -0.3 is 5.73 Å². The molecule has 0 saturated carbocycles. The van der Waals surface area contributed by atoms with Gasteiger partial charge in [0.1, 0.15) is 0 Å². The molecule has 0 amide bonds. The van der Waals surface area contributed by atoms with Crippen molar-refractivity contribution in [2.45, 2.75) is 0 Å². The summed E-state index contributed by atoms with van der Waals surface area (Å²) in [6.07, 6.45) is 0. The highest BCUT2D eigenvalue weighted by atomic mass is 16.6. The first-order valence-corrected chi connectivity index (χ1v) is 2.90. The van der Waals surface area contributed by atoms with Gasteiger partial charge in [-0.1, -0.05) is 6.07 Å². The van der Waals surface area contributed by atoms with Crippen LogP contribution in [0.2, 0.25) is 0 Å². The fourth-order valence-electron chi connectivity index (χ4n) is 0.638. The average molecular weight is 166 g/mol. The largest absolute Gasteiger partial charge is 0.399 e. The summed E-state index contributed by atoms with van der Waals surface area (Å²) in [6, 6.07) is 5.87. The van der Waals surface area contributed by atoms with Gasteiger partial charge in [0.05, 0.1) is 4.92 Å². The van der Waals surface area contributed by atoms with Crippen LogP contribution in [0.4, 0.5) is 11.4 Å².